The zero-order valence-corrected chi connectivity index (χ0v) is 13.8. The SMILES string of the molecule is CCS(=O)(=O)c1ccc(NCc2ccc(Br)c(F)c2)cc1. The summed E-state index contributed by atoms with van der Waals surface area (Å²) >= 11 is 3.11. The Bertz CT molecular complexity index is 730. The number of hydrogen-bond acceptors (Lipinski definition) is 3. The van der Waals surface area contributed by atoms with Crippen LogP contribution < -0.4 is 5.32 Å². The molecule has 0 aliphatic carbocycles. The lowest BCUT2D eigenvalue weighted by Gasteiger charge is -2.08. The van der Waals surface area contributed by atoms with Crippen LogP contribution in [-0.4, -0.2) is 14.2 Å². The number of sulfone groups is 1. The fraction of sp³-hybridized carbons (Fsp3) is 0.200. The van der Waals surface area contributed by atoms with Crippen LogP contribution in [0.1, 0.15) is 12.5 Å². The summed E-state index contributed by atoms with van der Waals surface area (Å²) in [7, 11) is -3.18. The Hall–Kier alpha value is -1.40. The predicted octanol–water partition coefficient (Wildman–Crippen LogP) is 3.99. The molecule has 0 spiro atoms. The molecule has 21 heavy (non-hydrogen) atoms. The third-order valence-corrected chi connectivity index (χ3v) is 5.47. The van der Waals surface area contributed by atoms with Crippen LogP contribution in [0, 0.1) is 5.82 Å². The van der Waals surface area contributed by atoms with Gasteiger partial charge in [0, 0.05) is 12.2 Å². The van der Waals surface area contributed by atoms with Crippen molar-refractivity contribution in [2.45, 2.75) is 18.4 Å². The minimum Gasteiger partial charge on any atom is -0.381 e. The molecule has 0 aliphatic heterocycles. The zero-order valence-electron chi connectivity index (χ0n) is 11.4. The van der Waals surface area contributed by atoms with Gasteiger partial charge in [-0.25, -0.2) is 12.8 Å². The van der Waals surface area contributed by atoms with Crippen LogP contribution in [-0.2, 0) is 16.4 Å². The zero-order chi connectivity index (χ0) is 15.5. The average molecular weight is 372 g/mol. The molecule has 0 fully saturated rings. The standard InChI is InChI=1S/C15H15BrFNO2S/c1-2-21(19,20)13-6-4-12(5-7-13)18-10-11-3-8-14(16)15(17)9-11/h3-9,18H,2,10H2,1H3. The lowest BCUT2D eigenvalue weighted by atomic mass is 10.2. The second-order valence-corrected chi connectivity index (χ2v) is 7.66. The molecule has 0 radical (unpaired) electrons. The minimum absolute atomic E-state index is 0.0813. The molecule has 0 unspecified atom stereocenters. The second kappa shape index (κ2) is 6.58. The number of benzene rings is 2. The van der Waals surface area contributed by atoms with Crippen LogP contribution >= 0.6 is 15.9 Å². The molecule has 6 heteroatoms. The van der Waals surface area contributed by atoms with E-state index in [1.54, 1.807) is 37.3 Å². The van der Waals surface area contributed by atoms with E-state index in [1.165, 1.54) is 6.07 Å². The maximum atomic E-state index is 13.4. The molecule has 2 rings (SSSR count). The third kappa shape index (κ3) is 4.04. The monoisotopic (exact) mass is 371 g/mol. The summed E-state index contributed by atoms with van der Waals surface area (Å²) in [5, 5.41) is 3.13. The van der Waals surface area contributed by atoms with Gasteiger partial charge in [-0.1, -0.05) is 13.0 Å². The molecule has 0 heterocycles. The minimum atomic E-state index is -3.18. The molecule has 1 N–H and O–H groups in total. The average Bonchev–Trinajstić information content (AvgIpc) is 2.49. The molecule has 0 aromatic heterocycles. The predicted molar refractivity (Wildman–Crippen MR) is 85.6 cm³/mol. The first-order chi connectivity index (χ1) is 9.92. The van der Waals surface area contributed by atoms with Gasteiger partial charge in [0.15, 0.2) is 9.84 Å². The van der Waals surface area contributed by atoms with E-state index in [0.717, 1.165) is 11.3 Å². The Balaban J connectivity index is 2.05. The van der Waals surface area contributed by atoms with Gasteiger partial charge in [-0.05, 0) is 57.9 Å². The van der Waals surface area contributed by atoms with Crippen molar-refractivity contribution in [2.24, 2.45) is 0 Å². The van der Waals surface area contributed by atoms with Crippen molar-refractivity contribution in [3.05, 3.63) is 58.3 Å². The van der Waals surface area contributed by atoms with Crippen LogP contribution in [0.25, 0.3) is 0 Å². The summed E-state index contributed by atoms with van der Waals surface area (Å²) in [6.45, 7) is 2.08. The summed E-state index contributed by atoms with van der Waals surface area (Å²) in [6.07, 6.45) is 0. The molecule has 0 amide bonds. The summed E-state index contributed by atoms with van der Waals surface area (Å²) in [4.78, 5) is 0.310. The third-order valence-electron chi connectivity index (χ3n) is 3.07. The number of anilines is 1. The summed E-state index contributed by atoms with van der Waals surface area (Å²) < 4.78 is 37.2. The Kier molecular flexibility index (Phi) is 5.00. The van der Waals surface area contributed by atoms with E-state index in [-0.39, 0.29) is 11.6 Å². The molecule has 0 bridgehead atoms. The topological polar surface area (TPSA) is 46.2 Å². The van der Waals surface area contributed by atoms with Gasteiger partial charge in [0.2, 0.25) is 0 Å². The van der Waals surface area contributed by atoms with Gasteiger partial charge in [0.25, 0.3) is 0 Å². The first-order valence-corrected chi connectivity index (χ1v) is 8.87. The van der Waals surface area contributed by atoms with E-state index < -0.39 is 9.84 Å². The highest BCUT2D eigenvalue weighted by atomic mass is 79.9. The normalized spacial score (nSPS) is 11.4. The Labute approximate surface area is 132 Å². The highest BCUT2D eigenvalue weighted by molar-refractivity contribution is 9.10. The quantitative estimate of drug-likeness (QED) is 0.863. The number of nitrogens with one attached hydrogen (secondary N) is 1. The first kappa shape index (κ1) is 16.0. The van der Waals surface area contributed by atoms with Gasteiger partial charge in [-0.3, -0.25) is 0 Å². The van der Waals surface area contributed by atoms with Crippen molar-refractivity contribution in [3.8, 4) is 0 Å². The van der Waals surface area contributed by atoms with Gasteiger partial charge >= 0.3 is 0 Å². The van der Waals surface area contributed by atoms with E-state index in [1.807, 2.05) is 6.07 Å². The molecule has 0 atom stereocenters. The summed E-state index contributed by atoms with van der Waals surface area (Å²) in [5.74, 6) is -0.225. The molecule has 2 aromatic carbocycles. The van der Waals surface area contributed by atoms with Gasteiger partial charge in [-0.2, -0.15) is 0 Å². The highest BCUT2D eigenvalue weighted by Crippen LogP contribution is 2.19. The highest BCUT2D eigenvalue weighted by Gasteiger charge is 2.10. The Morgan fingerprint density at radius 1 is 1.14 bits per heavy atom. The molecule has 112 valence electrons. The van der Waals surface area contributed by atoms with Crippen LogP contribution in [0.5, 0.6) is 0 Å². The first-order valence-electron chi connectivity index (χ1n) is 6.43. The van der Waals surface area contributed by atoms with Crippen molar-refractivity contribution in [1.82, 2.24) is 0 Å². The molecule has 0 aliphatic rings. The Morgan fingerprint density at radius 2 is 1.81 bits per heavy atom. The van der Waals surface area contributed by atoms with Gasteiger partial charge in [0.05, 0.1) is 15.1 Å². The molecular weight excluding hydrogens is 357 g/mol. The van der Waals surface area contributed by atoms with Gasteiger partial charge in [0.1, 0.15) is 5.82 Å². The van der Waals surface area contributed by atoms with E-state index in [4.69, 9.17) is 0 Å². The number of rotatable bonds is 5. The Morgan fingerprint density at radius 3 is 2.38 bits per heavy atom. The number of halogens is 2. The van der Waals surface area contributed by atoms with Crippen molar-refractivity contribution < 1.29 is 12.8 Å². The molecular formula is C15H15BrFNO2S. The molecule has 3 nitrogen and oxygen atoms in total. The van der Waals surface area contributed by atoms with E-state index in [2.05, 4.69) is 21.2 Å². The molecule has 0 saturated carbocycles. The maximum absolute atomic E-state index is 13.4. The largest absolute Gasteiger partial charge is 0.381 e. The van der Waals surface area contributed by atoms with Crippen molar-refractivity contribution in [1.29, 1.82) is 0 Å². The van der Waals surface area contributed by atoms with E-state index in [9.17, 15) is 12.8 Å². The molecule has 0 saturated heterocycles. The van der Waals surface area contributed by atoms with Crippen molar-refractivity contribution >= 4 is 31.5 Å². The van der Waals surface area contributed by atoms with Gasteiger partial charge < -0.3 is 5.32 Å². The van der Waals surface area contributed by atoms with Crippen LogP contribution in [0.4, 0.5) is 10.1 Å². The van der Waals surface area contributed by atoms with Crippen LogP contribution in [0.3, 0.4) is 0 Å². The summed E-state index contributed by atoms with van der Waals surface area (Å²) in [6, 6.07) is 11.5. The number of hydrogen-bond donors (Lipinski definition) is 1. The van der Waals surface area contributed by atoms with E-state index >= 15 is 0 Å². The fourth-order valence-electron chi connectivity index (χ4n) is 1.80. The van der Waals surface area contributed by atoms with Crippen LogP contribution in [0.2, 0.25) is 0 Å². The van der Waals surface area contributed by atoms with E-state index in [0.29, 0.717) is 15.9 Å². The second-order valence-electron chi connectivity index (χ2n) is 4.53. The lowest BCUT2D eigenvalue weighted by Crippen LogP contribution is -2.04. The van der Waals surface area contributed by atoms with Gasteiger partial charge in [-0.15, -0.1) is 0 Å². The maximum Gasteiger partial charge on any atom is 0.178 e. The smallest absolute Gasteiger partial charge is 0.178 e. The van der Waals surface area contributed by atoms with Crippen LogP contribution in [0.15, 0.2) is 51.8 Å². The summed E-state index contributed by atoms with van der Waals surface area (Å²) in [5.41, 5.74) is 1.59. The molecule has 2 aromatic rings. The van der Waals surface area contributed by atoms with Crippen molar-refractivity contribution in [2.75, 3.05) is 11.1 Å². The van der Waals surface area contributed by atoms with Crippen molar-refractivity contribution in [3.63, 3.8) is 0 Å². The lowest BCUT2D eigenvalue weighted by molar-refractivity contribution is 0.597. The fourth-order valence-corrected chi connectivity index (χ4v) is 2.93.